The van der Waals surface area contributed by atoms with Crippen LogP contribution < -0.4 is 0 Å². The Morgan fingerprint density at radius 1 is 0.173 bits per heavy atom. The van der Waals surface area contributed by atoms with Crippen molar-refractivity contribution in [2.75, 3.05) is 0 Å². The average Bonchev–Trinajstić information content (AvgIpc) is 3.21. The third-order valence-electron chi connectivity index (χ3n) is 11.7. The molecule has 0 aromatic heterocycles. The summed E-state index contributed by atoms with van der Waals surface area (Å²) in [7, 11) is 0. The third kappa shape index (κ3) is 3.98. The van der Waals surface area contributed by atoms with Crippen molar-refractivity contribution in [2.45, 2.75) is 0 Å². The van der Waals surface area contributed by atoms with Crippen LogP contribution in [0.5, 0.6) is 0 Å². The van der Waals surface area contributed by atoms with Gasteiger partial charge < -0.3 is 0 Å². The molecule has 0 unspecified atom stereocenters. The van der Waals surface area contributed by atoms with Gasteiger partial charge in [-0.2, -0.15) is 0 Å². The molecular weight excluding hydrogens is 625 g/mol. The van der Waals surface area contributed by atoms with Gasteiger partial charge in [-0.25, -0.2) is 0 Å². The van der Waals surface area contributed by atoms with Crippen molar-refractivity contribution in [1.29, 1.82) is 0 Å². The second-order valence-corrected chi connectivity index (χ2v) is 14.5. The molecule has 0 nitrogen and oxygen atoms in total. The summed E-state index contributed by atoms with van der Waals surface area (Å²) < 4.78 is 0. The topological polar surface area (TPSA) is 0 Å². The van der Waals surface area contributed by atoms with Gasteiger partial charge in [-0.05, 0) is 156 Å². The van der Waals surface area contributed by atoms with Crippen molar-refractivity contribution in [3.8, 4) is 22.3 Å². The standard InChI is InChI=1S/C52H30/c1-3-7-43-31(5-1)17-23-47-45(43)21-19-33-9-11-35(29-49(33)47)41-25-37-13-15-39-27-42(28-40-16-14-38(26-41)51(37)52(39)40)36-12-10-34-20-22-46-44-8-4-2-6-32(44)18-24-48(46)50(34)30-36/h1-30H. The van der Waals surface area contributed by atoms with E-state index in [2.05, 4.69) is 182 Å². The molecule has 0 amide bonds. The van der Waals surface area contributed by atoms with Crippen molar-refractivity contribution in [1.82, 2.24) is 0 Å². The van der Waals surface area contributed by atoms with E-state index in [1.165, 1.54) is 119 Å². The van der Waals surface area contributed by atoms with Gasteiger partial charge in [0.15, 0.2) is 0 Å². The fourth-order valence-electron chi connectivity index (χ4n) is 9.17. The van der Waals surface area contributed by atoms with Crippen LogP contribution in [0.4, 0.5) is 0 Å². The molecule has 0 radical (unpaired) electrons. The van der Waals surface area contributed by atoms with Gasteiger partial charge in [0.1, 0.15) is 0 Å². The molecule has 0 aliphatic carbocycles. The van der Waals surface area contributed by atoms with Gasteiger partial charge >= 0.3 is 0 Å². The van der Waals surface area contributed by atoms with Crippen LogP contribution in [0.3, 0.4) is 0 Å². The molecule has 12 aromatic rings. The van der Waals surface area contributed by atoms with Crippen LogP contribution in [-0.2, 0) is 0 Å². The van der Waals surface area contributed by atoms with Gasteiger partial charge in [0, 0.05) is 0 Å². The van der Waals surface area contributed by atoms with E-state index in [1.54, 1.807) is 0 Å². The van der Waals surface area contributed by atoms with Gasteiger partial charge in [-0.3, -0.25) is 0 Å². The van der Waals surface area contributed by atoms with Gasteiger partial charge in [-0.15, -0.1) is 0 Å². The highest BCUT2D eigenvalue weighted by molar-refractivity contribution is 6.25. The molecule has 238 valence electrons. The molecule has 0 spiro atoms. The second-order valence-electron chi connectivity index (χ2n) is 14.5. The van der Waals surface area contributed by atoms with Crippen LogP contribution in [0.15, 0.2) is 182 Å². The fraction of sp³-hybridized carbons (Fsp3) is 0. The molecule has 12 rings (SSSR count). The van der Waals surface area contributed by atoms with Crippen LogP contribution in [0.2, 0.25) is 0 Å². The Balaban J connectivity index is 0.998. The first-order chi connectivity index (χ1) is 25.7. The fourth-order valence-corrected chi connectivity index (χ4v) is 9.17. The number of fused-ring (bicyclic) bond motifs is 10. The van der Waals surface area contributed by atoms with E-state index in [9.17, 15) is 0 Å². The second kappa shape index (κ2) is 10.4. The van der Waals surface area contributed by atoms with Crippen molar-refractivity contribution < 1.29 is 0 Å². The highest BCUT2D eigenvalue weighted by Crippen LogP contribution is 2.42. The minimum absolute atomic E-state index is 1.25. The molecule has 0 heterocycles. The van der Waals surface area contributed by atoms with Gasteiger partial charge in [0.25, 0.3) is 0 Å². The first-order valence-corrected chi connectivity index (χ1v) is 18.2. The lowest BCUT2D eigenvalue weighted by atomic mass is 9.88. The van der Waals surface area contributed by atoms with Crippen molar-refractivity contribution >= 4 is 97.0 Å². The van der Waals surface area contributed by atoms with E-state index in [4.69, 9.17) is 0 Å². The summed E-state index contributed by atoms with van der Waals surface area (Å²) in [6.07, 6.45) is 0. The Morgan fingerprint density at radius 3 is 0.885 bits per heavy atom. The maximum absolute atomic E-state index is 2.39. The summed E-state index contributed by atoms with van der Waals surface area (Å²) in [6, 6.07) is 68.3. The Labute approximate surface area is 300 Å². The zero-order valence-electron chi connectivity index (χ0n) is 28.3. The number of hydrogen-bond donors (Lipinski definition) is 0. The zero-order valence-corrected chi connectivity index (χ0v) is 28.3. The van der Waals surface area contributed by atoms with Crippen LogP contribution in [0, 0.1) is 0 Å². The number of benzene rings is 12. The lowest BCUT2D eigenvalue weighted by Crippen LogP contribution is -1.88. The summed E-state index contributed by atoms with van der Waals surface area (Å²) in [5, 5.41) is 23.4. The Morgan fingerprint density at radius 2 is 0.481 bits per heavy atom. The van der Waals surface area contributed by atoms with Crippen molar-refractivity contribution in [3.05, 3.63) is 182 Å². The van der Waals surface area contributed by atoms with E-state index < -0.39 is 0 Å². The zero-order chi connectivity index (χ0) is 33.9. The monoisotopic (exact) mass is 654 g/mol. The summed E-state index contributed by atoms with van der Waals surface area (Å²) in [4.78, 5) is 0. The van der Waals surface area contributed by atoms with E-state index in [0.717, 1.165) is 0 Å². The molecule has 0 N–H and O–H groups in total. The van der Waals surface area contributed by atoms with Crippen LogP contribution in [-0.4, -0.2) is 0 Å². The van der Waals surface area contributed by atoms with Gasteiger partial charge in [0.05, 0.1) is 0 Å². The maximum atomic E-state index is 2.39. The summed E-state index contributed by atoms with van der Waals surface area (Å²) >= 11 is 0. The van der Waals surface area contributed by atoms with E-state index in [1.807, 2.05) is 0 Å². The molecule has 52 heavy (non-hydrogen) atoms. The summed E-state index contributed by atoms with van der Waals surface area (Å²) in [5.41, 5.74) is 5.00. The predicted octanol–water partition coefficient (Wildman–Crippen LogP) is 14.8. The largest absolute Gasteiger partial charge is 0.0616 e. The Hall–Kier alpha value is -6.76. The molecule has 0 aliphatic rings. The Kier molecular flexibility index (Phi) is 5.59. The smallest absolute Gasteiger partial charge is 0.00264 e. The predicted molar refractivity (Wildman–Crippen MR) is 226 cm³/mol. The minimum Gasteiger partial charge on any atom is -0.0616 e. The van der Waals surface area contributed by atoms with Crippen LogP contribution in [0.25, 0.3) is 119 Å². The van der Waals surface area contributed by atoms with Crippen LogP contribution >= 0.6 is 0 Å². The molecular formula is C52H30. The van der Waals surface area contributed by atoms with E-state index in [-0.39, 0.29) is 0 Å². The first kappa shape index (κ1) is 28.0. The lowest BCUT2D eigenvalue weighted by molar-refractivity contribution is 1.69. The molecule has 0 fully saturated rings. The van der Waals surface area contributed by atoms with Crippen LogP contribution in [0.1, 0.15) is 0 Å². The number of hydrogen-bond acceptors (Lipinski definition) is 0. The van der Waals surface area contributed by atoms with Gasteiger partial charge in [-0.1, -0.05) is 146 Å². The molecule has 0 atom stereocenters. The summed E-state index contributed by atoms with van der Waals surface area (Å²) in [5.74, 6) is 0. The molecule has 0 heteroatoms. The average molecular weight is 655 g/mol. The van der Waals surface area contributed by atoms with E-state index in [0.29, 0.717) is 0 Å². The van der Waals surface area contributed by atoms with Crippen molar-refractivity contribution in [2.24, 2.45) is 0 Å². The minimum atomic E-state index is 1.25. The van der Waals surface area contributed by atoms with Crippen molar-refractivity contribution in [3.63, 3.8) is 0 Å². The molecule has 12 aromatic carbocycles. The summed E-state index contributed by atoms with van der Waals surface area (Å²) in [6.45, 7) is 0. The normalized spacial score (nSPS) is 12.2. The lowest BCUT2D eigenvalue weighted by Gasteiger charge is -2.15. The SMILES string of the molecule is c1ccc2c(c1)ccc1c3cc(-c4cc5ccc6cc(-c7ccc8ccc9c%10ccccc%10ccc9c8c7)cc7ccc(c4)c5c67)ccc3ccc21. The van der Waals surface area contributed by atoms with Gasteiger partial charge in [0.2, 0.25) is 0 Å². The third-order valence-corrected chi connectivity index (χ3v) is 11.7. The number of rotatable bonds is 2. The molecule has 0 saturated heterocycles. The highest BCUT2D eigenvalue weighted by atomic mass is 14.2. The van der Waals surface area contributed by atoms with E-state index >= 15 is 0 Å². The molecule has 0 saturated carbocycles. The molecule has 0 bridgehead atoms. The molecule has 0 aliphatic heterocycles. The quantitative estimate of drug-likeness (QED) is 0.163. The highest BCUT2D eigenvalue weighted by Gasteiger charge is 2.14. The Bertz CT molecular complexity index is 3160. The first-order valence-electron chi connectivity index (χ1n) is 18.2. The maximum Gasteiger partial charge on any atom is -0.00264 e.